The number of rotatable bonds is 40. The molecule has 10 nitrogen and oxygen atoms in total. The van der Waals surface area contributed by atoms with Crippen LogP contribution in [0.3, 0.4) is 0 Å². The van der Waals surface area contributed by atoms with Gasteiger partial charge in [-0.2, -0.15) is 0 Å². The van der Waals surface area contributed by atoms with Gasteiger partial charge >= 0.3 is 11.9 Å². The summed E-state index contributed by atoms with van der Waals surface area (Å²) in [5.41, 5.74) is 0. The van der Waals surface area contributed by atoms with E-state index in [0.717, 1.165) is 57.8 Å². The maximum atomic E-state index is 12.7. The molecule has 59 heavy (non-hydrogen) atoms. The molecule has 0 aliphatic carbocycles. The Morgan fingerprint density at radius 3 is 1.66 bits per heavy atom. The largest absolute Gasteiger partial charge is 0.756 e. The Balaban J connectivity index is 4.56. The van der Waals surface area contributed by atoms with Crippen LogP contribution in [0.4, 0.5) is 0 Å². The standard InChI is InChI=1S/C48H82NO9P/c1-6-8-10-12-14-16-18-20-21-22-23-25-27-29-31-33-35-39-48(52)58-46(44-57-59(53,54)56-42-41-49(3,4)5)43-55-47(51)40-36-38-45(50)37-34-32-30-28-26-24-19-17-15-13-11-9-7-2/h14-17,20-21,24,26,30,32,34,37,46H,6-13,18-19,22-23,25,27-29,31,33,35-36,38-44H2,1-5H3/b16-14-,17-15-,21-20-,26-24-,32-30-,37-34+/t46-/m1/s1. The molecular weight excluding hydrogens is 765 g/mol. The number of hydrogen-bond donors (Lipinski definition) is 0. The number of hydrogen-bond acceptors (Lipinski definition) is 9. The van der Waals surface area contributed by atoms with Gasteiger partial charge in [0.15, 0.2) is 11.9 Å². The normalized spacial score (nSPS) is 14.1. The van der Waals surface area contributed by atoms with Gasteiger partial charge in [0, 0.05) is 19.3 Å². The molecule has 0 N–H and O–H groups in total. The van der Waals surface area contributed by atoms with Crippen molar-refractivity contribution in [2.75, 3.05) is 47.5 Å². The summed E-state index contributed by atoms with van der Waals surface area (Å²) in [4.78, 5) is 49.8. The van der Waals surface area contributed by atoms with Gasteiger partial charge in [0.2, 0.25) is 0 Å². The van der Waals surface area contributed by atoms with Crippen LogP contribution in [0.25, 0.3) is 0 Å². The minimum atomic E-state index is -4.69. The molecule has 0 amide bonds. The highest BCUT2D eigenvalue weighted by atomic mass is 31.2. The molecule has 1 unspecified atom stereocenters. The summed E-state index contributed by atoms with van der Waals surface area (Å²) in [5.74, 6) is -1.21. The topological polar surface area (TPSA) is 128 Å². The van der Waals surface area contributed by atoms with Gasteiger partial charge in [0.25, 0.3) is 7.82 Å². The quantitative estimate of drug-likeness (QED) is 0.0113. The summed E-state index contributed by atoms with van der Waals surface area (Å²) in [6.45, 7) is 3.87. The van der Waals surface area contributed by atoms with Crippen molar-refractivity contribution < 1.29 is 46.8 Å². The van der Waals surface area contributed by atoms with Gasteiger partial charge in [-0.3, -0.25) is 18.9 Å². The number of unbranched alkanes of at least 4 members (excludes halogenated alkanes) is 13. The van der Waals surface area contributed by atoms with E-state index in [2.05, 4.69) is 62.5 Å². The number of esters is 2. The molecule has 0 aliphatic heterocycles. The van der Waals surface area contributed by atoms with Gasteiger partial charge in [-0.1, -0.05) is 138 Å². The zero-order valence-electron chi connectivity index (χ0n) is 37.7. The molecule has 2 atom stereocenters. The summed E-state index contributed by atoms with van der Waals surface area (Å²) in [6.07, 6.45) is 45.0. The molecule has 0 aromatic heterocycles. The third-order valence-electron chi connectivity index (χ3n) is 9.18. The van der Waals surface area contributed by atoms with Gasteiger partial charge in [-0.05, 0) is 76.7 Å². The summed E-state index contributed by atoms with van der Waals surface area (Å²) in [7, 11) is 1.02. The second-order valence-corrected chi connectivity index (χ2v) is 17.5. The van der Waals surface area contributed by atoms with Crippen molar-refractivity contribution in [1.82, 2.24) is 0 Å². The monoisotopic (exact) mass is 848 g/mol. The fourth-order valence-corrected chi connectivity index (χ4v) is 6.31. The van der Waals surface area contributed by atoms with E-state index in [0.29, 0.717) is 17.4 Å². The van der Waals surface area contributed by atoms with Crippen LogP contribution in [0.5, 0.6) is 0 Å². The van der Waals surface area contributed by atoms with E-state index in [1.165, 1.54) is 63.9 Å². The average molecular weight is 848 g/mol. The number of quaternary nitrogens is 1. The van der Waals surface area contributed by atoms with E-state index in [9.17, 15) is 23.8 Å². The number of ketones is 1. The lowest BCUT2D eigenvalue weighted by molar-refractivity contribution is -0.870. The fourth-order valence-electron chi connectivity index (χ4n) is 5.58. The molecule has 0 fully saturated rings. The first-order valence-corrected chi connectivity index (χ1v) is 24.1. The highest BCUT2D eigenvalue weighted by Gasteiger charge is 2.21. The minimum Gasteiger partial charge on any atom is -0.756 e. The van der Waals surface area contributed by atoms with Crippen LogP contribution in [0.15, 0.2) is 72.9 Å². The first kappa shape index (κ1) is 56.1. The van der Waals surface area contributed by atoms with Gasteiger partial charge < -0.3 is 27.9 Å². The maximum Gasteiger partial charge on any atom is 0.306 e. The van der Waals surface area contributed by atoms with Gasteiger partial charge in [-0.15, -0.1) is 0 Å². The van der Waals surface area contributed by atoms with Gasteiger partial charge in [-0.25, -0.2) is 0 Å². The number of carbonyl (C=O) groups is 3. The summed E-state index contributed by atoms with van der Waals surface area (Å²) in [5, 5.41) is 0. The van der Waals surface area contributed by atoms with Crippen LogP contribution in [-0.4, -0.2) is 75.8 Å². The Kier molecular flexibility index (Phi) is 37.4. The van der Waals surface area contributed by atoms with Crippen molar-refractivity contribution in [3.8, 4) is 0 Å². The van der Waals surface area contributed by atoms with E-state index in [1.54, 1.807) is 6.08 Å². The zero-order valence-corrected chi connectivity index (χ0v) is 38.6. The summed E-state index contributed by atoms with van der Waals surface area (Å²) in [6, 6.07) is 0. The molecule has 0 bridgehead atoms. The van der Waals surface area contributed by atoms with Crippen molar-refractivity contribution in [1.29, 1.82) is 0 Å². The SMILES string of the molecule is CCCCC/C=C\C/C=C\C/C=C\C=C\C(=O)CCCC(=O)OC[C@H](COP(=O)([O-])OCC[N+](C)(C)C)OC(=O)CCCCCCCCC/C=C\C/C=C\CCCCC. The van der Waals surface area contributed by atoms with Crippen LogP contribution >= 0.6 is 7.82 Å². The Bertz CT molecular complexity index is 1300. The zero-order chi connectivity index (χ0) is 43.7. The third-order valence-corrected chi connectivity index (χ3v) is 10.1. The van der Waals surface area contributed by atoms with E-state index in [4.69, 9.17) is 18.5 Å². The molecule has 338 valence electrons. The molecule has 11 heteroatoms. The van der Waals surface area contributed by atoms with Crippen molar-refractivity contribution in [2.24, 2.45) is 0 Å². The number of likely N-dealkylation sites (N-methyl/N-ethyl adjacent to an activating group) is 1. The molecule has 0 saturated carbocycles. The number of phosphoric ester groups is 1. The summed E-state index contributed by atoms with van der Waals surface area (Å²) >= 11 is 0. The van der Waals surface area contributed by atoms with Crippen molar-refractivity contribution in [3.05, 3.63) is 72.9 Å². The third kappa shape index (κ3) is 43.0. The van der Waals surface area contributed by atoms with Crippen LogP contribution in [-0.2, 0) is 37.5 Å². The highest BCUT2D eigenvalue weighted by molar-refractivity contribution is 7.45. The first-order chi connectivity index (χ1) is 28.4. The van der Waals surface area contributed by atoms with E-state index < -0.39 is 32.5 Å². The molecular formula is C48H82NO9P. The lowest BCUT2D eigenvalue weighted by Gasteiger charge is -2.28. The Morgan fingerprint density at radius 2 is 1.08 bits per heavy atom. The molecule has 0 aliphatic rings. The van der Waals surface area contributed by atoms with Crippen LogP contribution in [0.1, 0.15) is 162 Å². The van der Waals surface area contributed by atoms with E-state index >= 15 is 0 Å². The van der Waals surface area contributed by atoms with Crippen molar-refractivity contribution in [3.63, 3.8) is 0 Å². The second-order valence-electron chi connectivity index (χ2n) is 16.1. The van der Waals surface area contributed by atoms with Crippen LogP contribution in [0.2, 0.25) is 0 Å². The lowest BCUT2D eigenvalue weighted by atomic mass is 10.1. The smallest absolute Gasteiger partial charge is 0.306 e. The average Bonchev–Trinajstić information content (AvgIpc) is 3.18. The number of carbonyl (C=O) groups excluding carboxylic acids is 3. The van der Waals surface area contributed by atoms with Crippen LogP contribution in [0, 0.1) is 0 Å². The van der Waals surface area contributed by atoms with E-state index in [1.807, 2.05) is 33.3 Å². The van der Waals surface area contributed by atoms with Crippen molar-refractivity contribution >= 4 is 25.5 Å². The molecule has 0 heterocycles. The first-order valence-electron chi connectivity index (χ1n) is 22.6. The van der Waals surface area contributed by atoms with Crippen molar-refractivity contribution in [2.45, 2.75) is 168 Å². The number of ether oxygens (including phenoxy) is 2. The Labute approximate surface area is 359 Å². The van der Waals surface area contributed by atoms with E-state index in [-0.39, 0.29) is 44.7 Å². The van der Waals surface area contributed by atoms with Gasteiger partial charge in [0.1, 0.15) is 19.8 Å². The predicted molar refractivity (Wildman–Crippen MR) is 241 cm³/mol. The molecule has 0 spiro atoms. The molecule has 0 saturated heterocycles. The summed E-state index contributed by atoms with van der Waals surface area (Å²) < 4.78 is 33.7. The number of phosphoric acid groups is 1. The predicted octanol–water partition coefficient (Wildman–Crippen LogP) is 11.6. The molecule has 0 radical (unpaired) electrons. The number of allylic oxidation sites excluding steroid dienone is 12. The lowest BCUT2D eigenvalue weighted by Crippen LogP contribution is -2.37. The second kappa shape index (κ2) is 39.3. The minimum absolute atomic E-state index is 0.0173. The van der Waals surface area contributed by atoms with Gasteiger partial charge in [0.05, 0.1) is 27.7 Å². The maximum absolute atomic E-state index is 12.7. The fraction of sp³-hybridized carbons (Fsp3) is 0.688. The number of nitrogens with zero attached hydrogens (tertiary/aromatic N) is 1. The molecule has 0 aromatic rings. The Morgan fingerprint density at radius 1 is 0.576 bits per heavy atom. The molecule has 0 aromatic carbocycles. The Hall–Kier alpha value is -2.88. The molecule has 0 rings (SSSR count). The van der Waals surface area contributed by atoms with Crippen LogP contribution < -0.4 is 4.89 Å². The highest BCUT2D eigenvalue weighted by Crippen LogP contribution is 2.38.